The van der Waals surface area contributed by atoms with Crippen molar-refractivity contribution in [2.45, 2.75) is 13.3 Å². The van der Waals surface area contributed by atoms with E-state index >= 15 is 0 Å². The zero-order valence-corrected chi connectivity index (χ0v) is 12.3. The second-order valence-electron chi connectivity index (χ2n) is 3.98. The maximum absolute atomic E-state index is 11.3. The fraction of sp³-hybridized carbons (Fsp3) is 0.214. The van der Waals surface area contributed by atoms with Gasteiger partial charge < -0.3 is 4.74 Å². The number of nitrogens with zero attached hydrogens (tertiary/aromatic N) is 4. The largest absolute Gasteiger partial charge is 0.466 e. The van der Waals surface area contributed by atoms with Crippen molar-refractivity contribution in [1.82, 2.24) is 4.98 Å². The topological polar surface area (TPSA) is 76.3 Å². The van der Waals surface area contributed by atoms with Gasteiger partial charge in [0, 0.05) is 5.38 Å². The lowest BCUT2D eigenvalue weighted by Crippen LogP contribution is -2.07. The van der Waals surface area contributed by atoms with Gasteiger partial charge in [-0.3, -0.25) is 9.79 Å². The number of esters is 1. The van der Waals surface area contributed by atoms with E-state index < -0.39 is 0 Å². The van der Waals surface area contributed by atoms with E-state index in [1.165, 1.54) is 11.3 Å². The molecule has 6 nitrogen and oxygen atoms in total. The zero-order valence-electron chi connectivity index (χ0n) is 11.5. The fourth-order valence-electron chi connectivity index (χ4n) is 1.51. The molecule has 0 aliphatic carbocycles. The monoisotopic (exact) mass is 302 g/mol. The molecule has 7 heteroatoms. The number of carbonyl (C=O) groups is 1. The van der Waals surface area contributed by atoms with Crippen LogP contribution in [0.25, 0.3) is 0 Å². The van der Waals surface area contributed by atoms with E-state index in [2.05, 4.69) is 26.9 Å². The summed E-state index contributed by atoms with van der Waals surface area (Å²) in [5.41, 5.74) is 2.11. The third-order valence-electron chi connectivity index (χ3n) is 2.45. The number of aromatic nitrogens is 1. The minimum Gasteiger partial charge on any atom is -0.466 e. The van der Waals surface area contributed by atoms with Crippen molar-refractivity contribution in [1.29, 1.82) is 0 Å². The minimum absolute atomic E-state index is 0.152. The SMILES string of the molecule is C=Nc1ccc(/N=N/c2nc(CC(=O)OCC)cs2)cc1. The number of benzene rings is 1. The molecule has 0 saturated heterocycles. The first-order valence-electron chi connectivity index (χ1n) is 6.30. The summed E-state index contributed by atoms with van der Waals surface area (Å²) in [6.45, 7) is 5.58. The zero-order chi connectivity index (χ0) is 15.1. The molecule has 0 radical (unpaired) electrons. The highest BCUT2D eigenvalue weighted by Crippen LogP contribution is 2.24. The molecule has 0 bridgehead atoms. The average molecular weight is 302 g/mol. The Bertz CT molecular complexity index is 649. The van der Waals surface area contributed by atoms with Gasteiger partial charge in [-0.05, 0) is 37.9 Å². The van der Waals surface area contributed by atoms with Crippen LogP contribution in [0.15, 0.2) is 44.9 Å². The second kappa shape index (κ2) is 7.39. The van der Waals surface area contributed by atoms with Gasteiger partial charge in [-0.25, -0.2) is 4.98 Å². The van der Waals surface area contributed by atoms with Crippen LogP contribution in [-0.2, 0) is 16.0 Å². The molecule has 1 heterocycles. The van der Waals surface area contributed by atoms with E-state index in [0.717, 1.165) is 5.69 Å². The lowest BCUT2D eigenvalue weighted by Gasteiger charge is -1.97. The molecule has 21 heavy (non-hydrogen) atoms. The number of carbonyl (C=O) groups excluding carboxylic acids is 1. The molecule has 0 amide bonds. The van der Waals surface area contributed by atoms with E-state index in [1.807, 2.05) is 0 Å². The Hall–Kier alpha value is -2.41. The molecular weight excluding hydrogens is 288 g/mol. The van der Waals surface area contributed by atoms with Gasteiger partial charge in [0.05, 0.1) is 30.1 Å². The predicted molar refractivity (Wildman–Crippen MR) is 82.3 cm³/mol. The van der Waals surface area contributed by atoms with Crippen LogP contribution in [0.4, 0.5) is 16.5 Å². The summed E-state index contributed by atoms with van der Waals surface area (Å²) in [5, 5.41) is 10.4. The smallest absolute Gasteiger partial charge is 0.311 e. The third kappa shape index (κ3) is 4.57. The Balaban J connectivity index is 1.99. The summed E-state index contributed by atoms with van der Waals surface area (Å²) < 4.78 is 4.86. The van der Waals surface area contributed by atoms with Gasteiger partial charge in [0.15, 0.2) is 0 Å². The highest BCUT2D eigenvalue weighted by Gasteiger charge is 2.07. The first kappa shape index (κ1) is 15.0. The standard InChI is InChI=1S/C14H14N4O2S/c1-3-20-13(19)8-12-9-21-14(16-12)18-17-11-6-4-10(15-2)5-7-11/h4-7,9H,2-3,8H2,1H3/b18-17+. The molecule has 0 spiro atoms. The number of rotatable bonds is 6. The van der Waals surface area contributed by atoms with Gasteiger partial charge in [0.2, 0.25) is 5.13 Å². The first-order valence-corrected chi connectivity index (χ1v) is 7.17. The molecule has 0 aliphatic rings. The number of ether oxygens (including phenoxy) is 1. The molecule has 108 valence electrons. The molecule has 2 aromatic rings. The maximum atomic E-state index is 11.3. The Morgan fingerprint density at radius 2 is 2.00 bits per heavy atom. The Morgan fingerprint density at radius 1 is 1.29 bits per heavy atom. The molecule has 1 aromatic heterocycles. The minimum atomic E-state index is -0.293. The van der Waals surface area contributed by atoms with Gasteiger partial charge in [-0.15, -0.1) is 21.6 Å². The third-order valence-corrected chi connectivity index (χ3v) is 3.23. The molecule has 0 aliphatic heterocycles. The van der Waals surface area contributed by atoms with Crippen molar-refractivity contribution in [2.75, 3.05) is 6.61 Å². The van der Waals surface area contributed by atoms with Crippen LogP contribution in [0.2, 0.25) is 0 Å². The fourth-order valence-corrected chi connectivity index (χ4v) is 2.14. The highest BCUT2D eigenvalue weighted by molar-refractivity contribution is 7.13. The first-order chi connectivity index (χ1) is 10.2. The quantitative estimate of drug-likeness (QED) is 0.460. The molecular formula is C14H14N4O2S. The summed E-state index contributed by atoms with van der Waals surface area (Å²) in [4.78, 5) is 19.3. The average Bonchev–Trinajstić information content (AvgIpc) is 2.93. The van der Waals surface area contributed by atoms with Gasteiger partial charge in [0.25, 0.3) is 0 Å². The molecule has 0 N–H and O–H groups in total. The van der Waals surface area contributed by atoms with Crippen molar-refractivity contribution in [3.63, 3.8) is 0 Å². The highest BCUT2D eigenvalue weighted by atomic mass is 32.1. The van der Waals surface area contributed by atoms with E-state index in [0.29, 0.717) is 23.1 Å². The van der Waals surface area contributed by atoms with Crippen LogP contribution in [0.5, 0.6) is 0 Å². The van der Waals surface area contributed by atoms with E-state index in [-0.39, 0.29) is 12.4 Å². The van der Waals surface area contributed by atoms with E-state index in [9.17, 15) is 4.79 Å². The number of hydrogen-bond acceptors (Lipinski definition) is 7. The second-order valence-corrected chi connectivity index (χ2v) is 4.81. The van der Waals surface area contributed by atoms with Crippen molar-refractivity contribution in [2.24, 2.45) is 15.2 Å². The van der Waals surface area contributed by atoms with Gasteiger partial charge in [-0.1, -0.05) is 0 Å². The molecule has 0 unspecified atom stereocenters. The van der Waals surface area contributed by atoms with Crippen LogP contribution < -0.4 is 0 Å². The van der Waals surface area contributed by atoms with Gasteiger partial charge in [0.1, 0.15) is 0 Å². The van der Waals surface area contributed by atoms with Crippen LogP contribution in [0.3, 0.4) is 0 Å². The van der Waals surface area contributed by atoms with Crippen LogP contribution >= 0.6 is 11.3 Å². The van der Waals surface area contributed by atoms with Gasteiger partial charge >= 0.3 is 5.97 Å². The number of azo groups is 1. The summed E-state index contributed by atoms with van der Waals surface area (Å²) in [5.74, 6) is -0.293. The molecule has 0 fully saturated rings. The van der Waals surface area contributed by atoms with Crippen molar-refractivity contribution >= 4 is 40.5 Å². The Labute approximate surface area is 126 Å². The van der Waals surface area contributed by atoms with Crippen LogP contribution in [0.1, 0.15) is 12.6 Å². The molecule has 2 rings (SSSR count). The van der Waals surface area contributed by atoms with E-state index in [1.54, 1.807) is 36.6 Å². The summed E-state index contributed by atoms with van der Waals surface area (Å²) in [7, 11) is 0. The van der Waals surface area contributed by atoms with Crippen molar-refractivity contribution in [3.8, 4) is 0 Å². The number of hydrogen-bond donors (Lipinski definition) is 0. The van der Waals surface area contributed by atoms with E-state index in [4.69, 9.17) is 4.74 Å². The van der Waals surface area contributed by atoms with Crippen molar-refractivity contribution < 1.29 is 9.53 Å². The summed E-state index contributed by atoms with van der Waals surface area (Å²) >= 11 is 1.33. The lowest BCUT2D eigenvalue weighted by molar-refractivity contribution is -0.142. The normalized spacial score (nSPS) is 10.7. The maximum Gasteiger partial charge on any atom is 0.311 e. The Morgan fingerprint density at radius 3 is 2.67 bits per heavy atom. The van der Waals surface area contributed by atoms with Crippen LogP contribution in [-0.4, -0.2) is 24.3 Å². The van der Waals surface area contributed by atoms with Gasteiger partial charge in [-0.2, -0.15) is 0 Å². The number of thiazole rings is 1. The number of aliphatic imine (C=N–C) groups is 1. The lowest BCUT2D eigenvalue weighted by atomic mass is 10.3. The molecule has 1 aromatic carbocycles. The molecule has 0 atom stereocenters. The predicted octanol–water partition coefficient (Wildman–Crippen LogP) is 4.00. The van der Waals surface area contributed by atoms with Crippen LogP contribution in [0, 0.1) is 0 Å². The molecule has 0 saturated carbocycles. The summed E-state index contributed by atoms with van der Waals surface area (Å²) in [6.07, 6.45) is 0.152. The summed E-state index contributed by atoms with van der Waals surface area (Å²) in [6, 6.07) is 7.19. The van der Waals surface area contributed by atoms with Crippen molar-refractivity contribution in [3.05, 3.63) is 35.3 Å². The Kier molecular flexibility index (Phi) is 5.28.